The van der Waals surface area contributed by atoms with Gasteiger partial charge in [0.05, 0.1) is 46.5 Å². The van der Waals surface area contributed by atoms with Crippen molar-refractivity contribution in [2.24, 2.45) is 10.7 Å². The first kappa shape index (κ1) is 25.1. The van der Waals surface area contributed by atoms with E-state index in [4.69, 9.17) is 22.1 Å². The lowest BCUT2D eigenvalue weighted by Crippen LogP contribution is -2.49. The summed E-state index contributed by atoms with van der Waals surface area (Å²) in [5.74, 6) is -1.15. The highest BCUT2D eigenvalue weighted by atomic mass is 35.5. The molecule has 4 rings (SSSR count). The van der Waals surface area contributed by atoms with Crippen molar-refractivity contribution < 1.29 is 13.9 Å². The van der Waals surface area contributed by atoms with Crippen molar-refractivity contribution >= 4 is 40.7 Å². The van der Waals surface area contributed by atoms with Crippen LogP contribution in [0.3, 0.4) is 0 Å². The molecule has 1 saturated carbocycles. The summed E-state index contributed by atoms with van der Waals surface area (Å²) in [7, 11) is 3.80. The van der Waals surface area contributed by atoms with Gasteiger partial charge in [-0.2, -0.15) is 0 Å². The van der Waals surface area contributed by atoms with Gasteiger partial charge < -0.3 is 26.0 Å². The molecule has 8 nitrogen and oxygen atoms in total. The molecule has 4 N–H and O–H groups in total. The zero-order valence-electron chi connectivity index (χ0n) is 19.8. The van der Waals surface area contributed by atoms with Gasteiger partial charge in [-0.1, -0.05) is 11.6 Å². The maximum absolute atomic E-state index is 14.4. The fraction of sp³-hybridized carbons (Fsp3) is 0.400. The van der Waals surface area contributed by atoms with Gasteiger partial charge in [-0.25, -0.2) is 4.39 Å². The van der Waals surface area contributed by atoms with E-state index >= 15 is 0 Å². The summed E-state index contributed by atoms with van der Waals surface area (Å²) in [4.78, 5) is 23.4. The zero-order chi connectivity index (χ0) is 24.9. The summed E-state index contributed by atoms with van der Waals surface area (Å²) < 4.78 is 20.1. The van der Waals surface area contributed by atoms with Gasteiger partial charge in [-0.15, -0.1) is 0 Å². The van der Waals surface area contributed by atoms with Crippen molar-refractivity contribution in [2.45, 2.75) is 37.5 Å². The van der Waals surface area contributed by atoms with E-state index in [1.807, 2.05) is 6.07 Å². The Balaban J connectivity index is 1.50. The van der Waals surface area contributed by atoms with E-state index in [2.05, 4.69) is 32.6 Å². The van der Waals surface area contributed by atoms with Crippen LogP contribution in [-0.4, -0.2) is 67.4 Å². The van der Waals surface area contributed by atoms with Crippen molar-refractivity contribution in [2.75, 3.05) is 32.6 Å². The second-order valence-corrected chi connectivity index (χ2v) is 9.35. The fourth-order valence-electron chi connectivity index (χ4n) is 4.05. The predicted molar refractivity (Wildman–Crippen MR) is 137 cm³/mol. The molecule has 2 aromatic rings. The number of likely N-dealkylation sites (N-methyl/N-ethyl adjacent to an activating group) is 1. The van der Waals surface area contributed by atoms with Gasteiger partial charge >= 0.3 is 0 Å². The zero-order valence-corrected chi connectivity index (χ0v) is 20.6. The second-order valence-electron chi connectivity index (χ2n) is 8.95. The van der Waals surface area contributed by atoms with Crippen LogP contribution in [0.25, 0.3) is 5.57 Å². The van der Waals surface area contributed by atoms with Crippen molar-refractivity contribution in [3.05, 3.63) is 58.8 Å². The minimum Gasteiger partial charge on any atom is -0.404 e. The molecule has 1 aliphatic carbocycles. The number of aliphatic imine (C=N–C) groups is 1. The highest BCUT2D eigenvalue weighted by Crippen LogP contribution is 2.28. The lowest BCUT2D eigenvalue weighted by molar-refractivity contribution is 0.0312. The molecule has 1 saturated heterocycles. The van der Waals surface area contributed by atoms with Crippen molar-refractivity contribution in [3.63, 3.8) is 0 Å². The number of carbonyl (C=O) groups excluding carboxylic acids is 1. The smallest absolute Gasteiger partial charge is 0.254 e. The molecule has 35 heavy (non-hydrogen) atoms. The van der Waals surface area contributed by atoms with Crippen molar-refractivity contribution in [3.8, 4) is 0 Å². The van der Waals surface area contributed by atoms with E-state index in [0.717, 1.165) is 44.1 Å². The van der Waals surface area contributed by atoms with Gasteiger partial charge in [0.15, 0.2) is 0 Å². The Hall–Kier alpha value is -3.01. The number of halogens is 2. The Labute approximate surface area is 209 Å². The number of nitrogens with zero attached hydrogens (tertiary/aromatic N) is 3. The number of nitrogens with two attached hydrogens (primary N) is 1. The fourth-order valence-corrected chi connectivity index (χ4v) is 4.31. The molecule has 186 valence electrons. The Morgan fingerprint density at radius 3 is 2.80 bits per heavy atom. The van der Waals surface area contributed by atoms with Gasteiger partial charge in [0.1, 0.15) is 5.82 Å². The number of pyridine rings is 1. The number of methoxy groups -OCH3 is 1. The summed E-state index contributed by atoms with van der Waals surface area (Å²) in [5.41, 5.74) is 8.04. The highest BCUT2D eigenvalue weighted by Gasteiger charge is 2.28. The molecule has 1 aliphatic heterocycles. The van der Waals surface area contributed by atoms with E-state index in [1.54, 1.807) is 19.5 Å². The van der Waals surface area contributed by atoms with E-state index in [9.17, 15) is 9.18 Å². The van der Waals surface area contributed by atoms with Crippen LogP contribution in [-0.2, 0) is 4.74 Å². The number of anilines is 1. The average molecular weight is 501 g/mol. The number of allylic oxidation sites excluding steroid dienone is 1. The van der Waals surface area contributed by atoms with Crippen LogP contribution in [0.4, 0.5) is 15.8 Å². The number of likely N-dealkylation sites (tertiary alicyclic amines) is 1. The van der Waals surface area contributed by atoms with E-state index in [-0.39, 0.29) is 28.8 Å². The number of amides is 1. The van der Waals surface area contributed by atoms with Gasteiger partial charge in [0.2, 0.25) is 0 Å². The number of ether oxygens (including phenoxy) is 1. The van der Waals surface area contributed by atoms with Crippen LogP contribution in [0, 0.1) is 5.82 Å². The predicted octanol–water partition coefficient (Wildman–Crippen LogP) is 3.60. The summed E-state index contributed by atoms with van der Waals surface area (Å²) in [6.07, 6.45) is 9.03. The first-order chi connectivity index (χ1) is 16.9. The van der Waals surface area contributed by atoms with Crippen LogP contribution in [0.1, 0.15) is 35.2 Å². The lowest BCUT2D eigenvalue weighted by atomic mass is 10.0. The molecule has 2 heterocycles. The molecule has 1 aromatic heterocycles. The number of hydrogen-bond donors (Lipinski definition) is 3. The Morgan fingerprint density at radius 1 is 1.29 bits per heavy atom. The number of nitrogens with one attached hydrogen (secondary N) is 2. The minimum absolute atomic E-state index is 0.0691. The summed E-state index contributed by atoms with van der Waals surface area (Å²) in [5, 5.41) is 6.42. The molecule has 10 heteroatoms. The van der Waals surface area contributed by atoms with E-state index in [0.29, 0.717) is 16.8 Å². The largest absolute Gasteiger partial charge is 0.404 e. The van der Waals surface area contributed by atoms with Crippen LogP contribution in [0.5, 0.6) is 0 Å². The number of rotatable bonds is 8. The molecule has 2 aliphatic rings. The second kappa shape index (κ2) is 11.2. The Bertz CT molecular complexity index is 1140. The Kier molecular flexibility index (Phi) is 8.00. The Morgan fingerprint density at radius 2 is 2.09 bits per heavy atom. The van der Waals surface area contributed by atoms with Crippen molar-refractivity contribution in [1.29, 1.82) is 0 Å². The SMILES string of the molecule is COC1CN(C)CCC1Nc1cncc(N=CC(=CN)c2cc(C(=O)NC3CC3)c(F)cc2Cl)c1. The average Bonchev–Trinajstić information content (AvgIpc) is 3.65. The lowest BCUT2D eigenvalue weighted by Gasteiger charge is -2.36. The van der Waals surface area contributed by atoms with Gasteiger partial charge in [-0.05, 0) is 51.1 Å². The van der Waals surface area contributed by atoms with E-state index < -0.39 is 11.7 Å². The molecule has 2 atom stereocenters. The quantitative estimate of drug-likeness (QED) is 0.478. The molecule has 0 bridgehead atoms. The normalized spacial score (nSPS) is 21.3. The standard InChI is InChI=1S/C25H30ClFN6O2/c1-33-6-5-23(24(14-33)35-2)31-18-7-17(12-29-13-18)30-11-15(10-28)19-8-20(22(27)9-21(19)26)25(34)32-16-3-4-16/h7-13,16,23-24,31H,3-6,14,28H2,1-2H3,(H,32,34). The monoisotopic (exact) mass is 500 g/mol. The summed E-state index contributed by atoms with van der Waals surface area (Å²) in [6.45, 7) is 1.83. The maximum atomic E-state index is 14.4. The van der Waals surface area contributed by atoms with Crippen LogP contribution in [0.15, 0.2) is 41.8 Å². The number of piperidine rings is 1. The summed E-state index contributed by atoms with van der Waals surface area (Å²) >= 11 is 6.28. The number of carbonyl (C=O) groups is 1. The third kappa shape index (κ3) is 6.36. The number of aromatic nitrogens is 1. The maximum Gasteiger partial charge on any atom is 0.254 e. The molecule has 1 amide bonds. The topological polar surface area (TPSA) is 105 Å². The van der Waals surface area contributed by atoms with Gasteiger partial charge in [0, 0.05) is 43.2 Å². The summed E-state index contributed by atoms with van der Waals surface area (Å²) in [6, 6.07) is 4.67. The first-order valence-electron chi connectivity index (χ1n) is 11.6. The minimum atomic E-state index is -0.684. The third-order valence-electron chi connectivity index (χ3n) is 6.20. The number of hydrogen-bond acceptors (Lipinski definition) is 7. The van der Waals surface area contributed by atoms with Crippen molar-refractivity contribution in [1.82, 2.24) is 15.2 Å². The van der Waals surface area contributed by atoms with Crippen LogP contribution >= 0.6 is 11.6 Å². The highest BCUT2D eigenvalue weighted by molar-refractivity contribution is 6.34. The molecule has 0 spiro atoms. The first-order valence-corrected chi connectivity index (χ1v) is 11.9. The van der Waals surface area contributed by atoms with Crippen LogP contribution in [0.2, 0.25) is 5.02 Å². The van der Waals surface area contributed by atoms with E-state index in [1.165, 1.54) is 18.5 Å². The van der Waals surface area contributed by atoms with Crippen LogP contribution < -0.4 is 16.4 Å². The third-order valence-corrected chi connectivity index (χ3v) is 6.51. The molecular weight excluding hydrogens is 471 g/mol. The number of benzene rings is 1. The molecule has 2 fully saturated rings. The van der Waals surface area contributed by atoms with Gasteiger partial charge in [-0.3, -0.25) is 14.8 Å². The van der Waals surface area contributed by atoms with Gasteiger partial charge in [0.25, 0.3) is 5.91 Å². The molecule has 2 unspecified atom stereocenters. The molecular formula is C25H30ClFN6O2. The molecule has 0 radical (unpaired) electrons. The molecule has 1 aromatic carbocycles.